The highest BCUT2D eigenvalue weighted by molar-refractivity contribution is 6.38. The lowest BCUT2D eigenvalue weighted by molar-refractivity contribution is 0.133. The van der Waals surface area contributed by atoms with Crippen LogP contribution < -0.4 is 11.1 Å². The number of aliphatic hydroxyl groups is 1. The number of benzene rings is 2. The molecular weight excluding hydrogens is 419 g/mol. The van der Waals surface area contributed by atoms with E-state index in [2.05, 4.69) is 15.1 Å². The summed E-state index contributed by atoms with van der Waals surface area (Å²) in [6, 6.07) is 12.0. The highest BCUT2D eigenvalue weighted by Crippen LogP contribution is 2.39. The SMILES string of the molecule is CNc1cccc(-c2cccc(CN(C)C3=C(N)CN(C(C)CO)CC3)c2Cl)c1Cl. The smallest absolute Gasteiger partial charge is 0.0716 e. The van der Waals surface area contributed by atoms with E-state index in [9.17, 15) is 5.11 Å². The van der Waals surface area contributed by atoms with Gasteiger partial charge in [0.05, 0.1) is 22.3 Å². The van der Waals surface area contributed by atoms with Gasteiger partial charge in [0.1, 0.15) is 0 Å². The fraction of sp³-hybridized carbons (Fsp3) is 0.391. The van der Waals surface area contributed by atoms with Gasteiger partial charge in [-0.2, -0.15) is 0 Å². The van der Waals surface area contributed by atoms with Gasteiger partial charge in [0.25, 0.3) is 0 Å². The molecule has 2 aromatic rings. The summed E-state index contributed by atoms with van der Waals surface area (Å²) in [4.78, 5) is 4.38. The third-order valence-corrected chi connectivity index (χ3v) is 6.63. The van der Waals surface area contributed by atoms with E-state index in [0.717, 1.165) is 46.7 Å². The first-order valence-electron chi connectivity index (χ1n) is 10.1. The maximum Gasteiger partial charge on any atom is 0.0716 e. The Bertz CT molecular complexity index is 931. The van der Waals surface area contributed by atoms with E-state index in [1.165, 1.54) is 0 Å². The van der Waals surface area contributed by atoms with Gasteiger partial charge < -0.3 is 21.1 Å². The molecule has 0 spiro atoms. The van der Waals surface area contributed by atoms with Crippen LogP contribution in [0.4, 0.5) is 5.69 Å². The lowest BCUT2D eigenvalue weighted by atomic mass is 10.0. The lowest BCUT2D eigenvalue weighted by Crippen LogP contribution is -2.44. The second-order valence-corrected chi connectivity index (χ2v) is 8.53. The molecule has 0 aliphatic carbocycles. The van der Waals surface area contributed by atoms with Gasteiger partial charge in [-0.1, -0.05) is 53.5 Å². The van der Waals surface area contributed by atoms with Crippen LogP contribution in [-0.4, -0.2) is 54.7 Å². The van der Waals surface area contributed by atoms with Gasteiger partial charge in [-0.15, -0.1) is 0 Å². The number of hydrogen-bond donors (Lipinski definition) is 3. The molecule has 1 atom stereocenters. The van der Waals surface area contributed by atoms with Crippen molar-refractivity contribution in [2.24, 2.45) is 5.73 Å². The Balaban J connectivity index is 1.84. The molecule has 1 heterocycles. The van der Waals surface area contributed by atoms with E-state index in [0.29, 0.717) is 23.1 Å². The van der Waals surface area contributed by atoms with Gasteiger partial charge >= 0.3 is 0 Å². The summed E-state index contributed by atoms with van der Waals surface area (Å²) in [7, 11) is 3.90. The molecule has 0 saturated heterocycles. The van der Waals surface area contributed by atoms with Crippen LogP contribution in [0, 0.1) is 0 Å². The van der Waals surface area contributed by atoms with Crippen molar-refractivity contribution in [2.75, 3.05) is 39.1 Å². The second kappa shape index (κ2) is 9.92. The summed E-state index contributed by atoms with van der Waals surface area (Å²) in [5.41, 5.74) is 12.1. The molecule has 0 bridgehead atoms. The van der Waals surface area contributed by atoms with Crippen LogP contribution in [0.3, 0.4) is 0 Å². The Labute approximate surface area is 189 Å². The number of rotatable bonds is 7. The molecule has 7 heteroatoms. The van der Waals surface area contributed by atoms with Crippen molar-refractivity contribution < 1.29 is 5.11 Å². The van der Waals surface area contributed by atoms with Gasteiger partial charge in [0, 0.05) is 68.7 Å². The van der Waals surface area contributed by atoms with Crippen molar-refractivity contribution >= 4 is 28.9 Å². The zero-order valence-electron chi connectivity index (χ0n) is 17.8. The largest absolute Gasteiger partial charge is 0.400 e. The first-order chi connectivity index (χ1) is 14.4. The van der Waals surface area contributed by atoms with Crippen molar-refractivity contribution in [1.82, 2.24) is 9.80 Å². The van der Waals surface area contributed by atoms with Crippen LogP contribution in [0.5, 0.6) is 0 Å². The quantitative estimate of drug-likeness (QED) is 0.585. The minimum Gasteiger partial charge on any atom is -0.400 e. The molecule has 5 nitrogen and oxygen atoms in total. The van der Waals surface area contributed by atoms with Crippen LogP contribution in [0.1, 0.15) is 18.9 Å². The van der Waals surface area contributed by atoms with E-state index < -0.39 is 0 Å². The normalized spacial score (nSPS) is 15.9. The standard InChI is InChI=1S/C23H30Cl2N4O/c1-15(14-30)29-11-10-21(19(26)13-29)28(3)12-16-6-4-7-17(22(16)24)18-8-5-9-20(27-2)23(18)25/h4-9,15,27,30H,10-14,26H2,1-3H3. The van der Waals surface area contributed by atoms with E-state index in [4.69, 9.17) is 28.9 Å². The Morgan fingerprint density at radius 1 is 1.17 bits per heavy atom. The first-order valence-corrected chi connectivity index (χ1v) is 10.9. The maximum absolute atomic E-state index is 9.41. The monoisotopic (exact) mass is 448 g/mol. The lowest BCUT2D eigenvalue weighted by Gasteiger charge is -2.36. The van der Waals surface area contributed by atoms with Crippen molar-refractivity contribution in [3.05, 3.63) is 63.4 Å². The molecule has 0 fully saturated rings. The molecule has 1 aliphatic heterocycles. The third kappa shape index (κ3) is 4.70. The first kappa shape index (κ1) is 22.8. The van der Waals surface area contributed by atoms with E-state index in [1.807, 2.05) is 57.4 Å². The molecule has 0 radical (unpaired) electrons. The molecule has 0 saturated carbocycles. The van der Waals surface area contributed by atoms with Gasteiger partial charge in [-0.05, 0) is 18.6 Å². The summed E-state index contributed by atoms with van der Waals surface area (Å²) in [5, 5.41) is 13.9. The molecular formula is C23H30Cl2N4O. The molecule has 4 N–H and O–H groups in total. The molecule has 1 unspecified atom stereocenters. The summed E-state index contributed by atoms with van der Waals surface area (Å²) >= 11 is 13.4. The molecule has 3 rings (SSSR count). The predicted octanol–water partition coefficient (Wildman–Crippen LogP) is 4.39. The number of hydrogen-bond acceptors (Lipinski definition) is 5. The number of halogens is 2. The Kier molecular flexibility index (Phi) is 7.53. The zero-order chi connectivity index (χ0) is 21.8. The van der Waals surface area contributed by atoms with Crippen LogP contribution in [0.15, 0.2) is 47.8 Å². The molecule has 2 aromatic carbocycles. The van der Waals surface area contributed by atoms with Crippen LogP contribution in [-0.2, 0) is 6.54 Å². The average molecular weight is 449 g/mol. The van der Waals surface area contributed by atoms with E-state index >= 15 is 0 Å². The van der Waals surface area contributed by atoms with Gasteiger partial charge in [0.2, 0.25) is 0 Å². The Morgan fingerprint density at radius 3 is 2.47 bits per heavy atom. The van der Waals surface area contributed by atoms with E-state index in [1.54, 1.807) is 0 Å². The molecule has 0 aromatic heterocycles. The molecule has 30 heavy (non-hydrogen) atoms. The number of nitrogens with two attached hydrogens (primary N) is 1. The summed E-state index contributed by atoms with van der Waals surface area (Å²) < 4.78 is 0. The van der Waals surface area contributed by atoms with Crippen LogP contribution in [0.2, 0.25) is 10.0 Å². The molecule has 0 amide bonds. The van der Waals surface area contributed by atoms with Gasteiger partial charge in [-0.3, -0.25) is 4.90 Å². The maximum atomic E-state index is 9.41. The average Bonchev–Trinajstić information content (AvgIpc) is 2.75. The number of aliphatic hydroxyl groups excluding tert-OH is 1. The second-order valence-electron chi connectivity index (χ2n) is 7.78. The highest BCUT2D eigenvalue weighted by atomic mass is 35.5. The summed E-state index contributed by atoms with van der Waals surface area (Å²) in [6.07, 6.45) is 0.847. The van der Waals surface area contributed by atoms with Crippen molar-refractivity contribution in [3.8, 4) is 11.1 Å². The van der Waals surface area contributed by atoms with Crippen molar-refractivity contribution in [3.63, 3.8) is 0 Å². The molecule has 1 aliphatic rings. The fourth-order valence-corrected chi connectivity index (χ4v) is 4.53. The van der Waals surface area contributed by atoms with E-state index in [-0.39, 0.29) is 12.6 Å². The number of anilines is 1. The molecule has 162 valence electrons. The number of nitrogens with zero attached hydrogens (tertiary/aromatic N) is 2. The Hall–Kier alpha value is -1.92. The predicted molar refractivity (Wildman–Crippen MR) is 127 cm³/mol. The van der Waals surface area contributed by atoms with Crippen molar-refractivity contribution in [1.29, 1.82) is 0 Å². The highest BCUT2D eigenvalue weighted by Gasteiger charge is 2.23. The van der Waals surface area contributed by atoms with Crippen LogP contribution in [0.25, 0.3) is 11.1 Å². The van der Waals surface area contributed by atoms with Crippen LogP contribution >= 0.6 is 23.2 Å². The minimum atomic E-state index is 0.111. The number of nitrogens with one attached hydrogen (secondary N) is 1. The third-order valence-electron chi connectivity index (χ3n) is 5.77. The van der Waals surface area contributed by atoms with Gasteiger partial charge in [0.15, 0.2) is 0 Å². The zero-order valence-corrected chi connectivity index (χ0v) is 19.3. The summed E-state index contributed by atoms with van der Waals surface area (Å²) in [5.74, 6) is 0. The summed E-state index contributed by atoms with van der Waals surface area (Å²) in [6.45, 7) is 4.35. The van der Waals surface area contributed by atoms with Gasteiger partial charge in [-0.25, -0.2) is 0 Å². The Morgan fingerprint density at radius 2 is 1.83 bits per heavy atom. The minimum absolute atomic E-state index is 0.111. The van der Waals surface area contributed by atoms with Crippen molar-refractivity contribution in [2.45, 2.75) is 25.9 Å². The fourth-order valence-electron chi connectivity index (χ4n) is 3.92. The topological polar surface area (TPSA) is 64.8 Å².